The summed E-state index contributed by atoms with van der Waals surface area (Å²) in [6.45, 7) is 4.35. The first-order valence-electron chi connectivity index (χ1n) is 5.89. The van der Waals surface area contributed by atoms with Crippen LogP contribution in [0.25, 0.3) is 0 Å². The smallest absolute Gasteiger partial charge is 0.256 e. The van der Waals surface area contributed by atoms with Gasteiger partial charge in [-0.2, -0.15) is 0 Å². The fourth-order valence-electron chi connectivity index (χ4n) is 2.04. The lowest BCUT2D eigenvalue weighted by atomic mass is 9.91. The van der Waals surface area contributed by atoms with Gasteiger partial charge >= 0.3 is 0 Å². The maximum absolute atomic E-state index is 12.1. The molecule has 1 amide bonds. The molecule has 2 rings (SSSR count). The van der Waals surface area contributed by atoms with Crippen LogP contribution in [0.1, 0.15) is 19.4 Å². The Balaban J connectivity index is 2.43. The summed E-state index contributed by atoms with van der Waals surface area (Å²) in [6, 6.07) is 7.47. The zero-order valence-electron chi connectivity index (χ0n) is 10.8. The fraction of sp³-hybridized carbons (Fsp3) is 0.385. The predicted molar refractivity (Wildman–Crippen MR) is 69.6 cm³/mol. The Labute approximate surface area is 106 Å². The molecule has 1 heterocycles. The SMILES string of the molecule is CCN=C1NC(=O)C(C)(c2ccccc2OC)N1. The van der Waals surface area contributed by atoms with E-state index in [1.807, 2.05) is 38.1 Å². The van der Waals surface area contributed by atoms with Crippen molar-refractivity contribution in [3.8, 4) is 5.75 Å². The van der Waals surface area contributed by atoms with Crippen LogP contribution in [0, 0.1) is 0 Å². The van der Waals surface area contributed by atoms with Crippen molar-refractivity contribution < 1.29 is 9.53 Å². The van der Waals surface area contributed by atoms with Gasteiger partial charge < -0.3 is 10.1 Å². The number of benzene rings is 1. The van der Waals surface area contributed by atoms with E-state index in [0.717, 1.165) is 5.56 Å². The van der Waals surface area contributed by atoms with Crippen LogP contribution in [0.15, 0.2) is 29.3 Å². The Morgan fingerprint density at radius 1 is 1.39 bits per heavy atom. The van der Waals surface area contributed by atoms with Crippen molar-refractivity contribution in [1.29, 1.82) is 0 Å². The van der Waals surface area contributed by atoms with E-state index in [0.29, 0.717) is 18.3 Å². The molecule has 1 aliphatic rings. The number of ether oxygens (including phenoxy) is 1. The Bertz CT molecular complexity index is 499. The maximum Gasteiger partial charge on any atom is 0.256 e. The summed E-state index contributed by atoms with van der Waals surface area (Å²) < 4.78 is 5.31. The molecule has 0 aromatic heterocycles. The van der Waals surface area contributed by atoms with E-state index in [2.05, 4.69) is 15.6 Å². The third kappa shape index (κ3) is 1.92. The lowest BCUT2D eigenvalue weighted by Gasteiger charge is -2.23. The molecule has 1 saturated heterocycles. The third-order valence-corrected chi connectivity index (χ3v) is 3.02. The van der Waals surface area contributed by atoms with Gasteiger partial charge in [0.1, 0.15) is 11.3 Å². The van der Waals surface area contributed by atoms with E-state index in [4.69, 9.17) is 4.74 Å². The van der Waals surface area contributed by atoms with Gasteiger partial charge in [-0.1, -0.05) is 18.2 Å². The maximum atomic E-state index is 12.1. The van der Waals surface area contributed by atoms with Crippen molar-refractivity contribution in [2.75, 3.05) is 13.7 Å². The average molecular weight is 247 g/mol. The first-order valence-corrected chi connectivity index (χ1v) is 5.89. The number of carbonyl (C=O) groups is 1. The van der Waals surface area contributed by atoms with Gasteiger partial charge in [-0.3, -0.25) is 15.1 Å². The van der Waals surface area contributed by atoms with Gasteiger partial charge in [0, 0.05) is 12.1 Å². The van der Waals surface area contributed by atoms with Crippen LogP contribution < -0.4 is 15.4 Å². The molecule has 1 aromatic carbocycles. The van der Waals surface area contributed by atoms with Gasteiger partial charge in [0.15, 0.2) is 5.96 Å². The highest BCUT2D eigenvalue weighted by molar-refractivity contribution is 6.09. The fourth-order valence-corrected chi connectivity index (χ4v) is 2.04. The lowest BCUT2D eigenvalue weighted by molar-refractivity contribution is -0.123. The summed E-state index contributed by atoms with van der Waals surface area (Å²) in [5, 5.41) is 5.86. The molecule has 96 valence electrons. The minimum absolute atomic E-state index is 0.126. The van der Waals surface area contributed by atoms with Crippen molar-refractivity contribution in [2.24, 2.45) is 4.99 Å². The lowest BCUT2D eigenvalue weighted by Crippen LogP contribution is -2.41. The number of carbonyl (C=O) groups excluding carboxylic acids is 1. The molecule has 1 aliphatic heterocycles. The minimum Gasteiger partial charge on any atom is -0.496 e. The monoisotopic (exact) mass is 247 g/mol. The van der Waals surface area contributed by atoms with Crippen molar-refractivity contribution in [3.05, 3.63) is 29.8 Å². The van der Waals surface area contributed by atoms with Crippen LogP contribution >= 0.6 is 0 Å². The van der Waals surface area contributed by atoms with Crippen LogP contribution in [0.5, 0.6) is 5.75 Å². The third-order valence-electron chi connectivity index (χ3n) is 3.02. The predicted octanol–water partition coefficient (Wildman–Crippen LogP) is 1.01. The number of guanidine groups is 1. The van der Waals surface area contributed by atoms with Crippen LogP contribution in [0.4, 0.5) is 0 Å². The summed E-state index contributed by atoms with van der Waals surface area (Å²) >= 11 is 0. The van der Waals surface area contributed by atoms with Crippen LogP contribution in [0.2, 0.25) is 0 Å². The summed E-state index contributed by atoms with van der Waals surface area (Å²) in [4.78, 5) is 16.3. The molecule has 0 spiro atoms. The highest BCUT2D eigenvalue weighted by atomic mass is 16.5. The number of amides is 1. The summed E-state index contributed by atoms with van der Waals surface area (Å²) in [6.07, 6.45) is 0. The molecule has 1 unspecified atom stereocenters. The Morgan fingerprint density at radius 3 is 2.78 bits per heavy atom. The van der Waals surface area contributed by atoms with Gasteiger partial charge in [-0.15, -0.1) is 0 Å². The number of aliphatic imine (C=N–C) groups is 1. The summed E-state index contributed by atoms with van der Waals surface area (Å²) in [7, 11) is 1.59. The Hall–Kier alpha value is -2.04. The highest BCUT2D eigenvalue weighted by Crippen LogP contribution is 2.31. The molecule has 0 radical (unpaired) electrons. The second-order valence-electron chi connectivity index (χ2n) is 4.23. The van der Waals surface area contributed by atoms with Gasteiger partial charge in [0.2, 0.25) is 0 Å². The molecule has 5 nitrogen and oxygen atoms in total. The minimum atomic E-state index is -0.847. The molecule has 0 bridgehead atoms. The summed E-state index contributed by atoms with van der Waals surface area (Å²) in [5.41, 5.74) is -0.0491. The molecule has 1 fully saturated rings. The standard InChI is InChI=1S/C13H17N3O2/c1-4-14-12-15-11(17)13(2,16-12)9-7-5-6-8-10(9)18-3/h5-8H,4H2,1-3H3,(H2,14,15,16,17). The first kappa shape index (κ1) is 12.4. The number of hydrogen-bond donors (Lipinski definition) is 2. The number of methoxy groups -OCH3 is 1. The van der Waals surface area contributed by atoms with Gasteiger partial charge in [-0.25, -0.2) is 0 Å². The molecule has 2 N–H and O–H groups in total. The summed E-state index contributed by atoms with van der Waals surface area (Å²) in [5.74, 6) is 1.07. The average Bonchev–Trinajstić information content (AvgIpc) is 2.66. The topological polar surface area (TPSA) is 62.7 Å². The number of para-hydroxylation sites is 1. The van der Waals surface area contributed by atoms with Crippen LogP contribution in [-0.4, -0.2) is 25.5 Å². The molecule has 5 heteroatoms. The van der Waals surface area contributed by atoms with E-state index in [1.165, 1.54) is 0 Å². The molecule has 1 atom stereocenters. The highest BCUT2D eigenvalue weighted by Gasteiger charge is 2.43. The molecular weight excluding hydrogens is 230 g/mol. The molecule has 18 heavy (non-hydrogen) atoms. The second-order valence-corrected chi connectivity index (χ2v) is 4.23. The molecule has 0 saturated carbocycles. The van der Waals surface area contributed by atoms with E-state index in [1.54, 1.807) is 7.11 Å². The van der Waals surface area contributed by atoms with Crippen molar-refractivity contribution in [1.82, 2.24) is 10.6 Å². The first-order chi connectivity index (χ1) is 8.61. The van der Waals surface area contributed by atoms with Gasteiger partial charge in [0.25, 0.3) is 5.91 Å². The number of rotatable bonds is 3. The number of nitrogens with one attached hydrogen (secondary N) is 2. The molecule has 0 aliphatic carbocycles. The van der Waals surface area contributed by atoms with Crippen LogP contribution in [0.3, 0.4) is 0 Å². The Kier molecular flexibility index (Phi) is 3.23. The van der Waals surface area contributed by atoms with Gasteiger partial charge in [0.05, 0.1) is 7.11 Å². The number of hydrogen-bond acceptors (Lipinski definition) is 3. The van der Waals surface area contributed by atoms with Gasteiger partial charge in [-0.05, 0) is 19.9 Å². The largest absolute Gasteiger partial charge is 0.496 e. The van der Waals surface area contributed by atoms with Crippen LogP contribution in [-0.2, 0) is 10.3 Å². The van der Waals surface area contributed by atoms with Crippen molar-refractivity contribution in [2.45, 2.75) is 19.4 Å². The zero-order chi connectivity index (χ0) is 13.2. The second kappa shape index (κ2) is 4.68. The Morgan fingerprint density at radius 2 is 2.11 bits per heavy atom. The van der Waals surface area contributed by atoms with E-state index in [9.17, 15) is 4.79 Å². The van der Waals surface area contributed by atoms with E-state index >= 15 is 0 Å². The molecular formula is C13H17N3O2. The zero-order valence-corrected chi connectivity index (χ0v) is 10.8. The quantitative estimate of drug-likeness (QED) is 0.837. The van der Waals surface area contributed by atoms with E-state index < -0.39 is 5.54 Å². The normalized spacial score (nSPS) is 24.8. The van der Waals surface area contributed by atoms with E-state index in [-0.39, 0.29) is 5.91 Å². The van der Waals surface area contributed by atoms with Crippen molar-refractivity contribution >= 4 is 11.9 Å². The van der Waals surface area contributed by atoms with Crippen molar-refractivity contribution in [3.63, 3.8) is 0 Å². The molecule has 1 aromatic rings. The number of nitrogens with zero attached hydrogens (tertiary/aromatic N) is 1.